The molecule has 0 aliphatic carbocycles. The summed E-state index contributed by atoms with van der Waals surface area (Å²) in [6.07, 6.45) is 3.05. The van der Waals surface area contributed by atoms with Crippen molar-refractivity contribution in [1.29, 1.82) is 0 Å². The van der Waals surface area contributed by atoms with E-state index in [2.05, 4.69) is 18.5 Å². The molecule has 0 saturated heterocycles. The molecule has 2 aromatic rings. The first-order valence-corrected chi connectivity index (χ1v) is 8.91. The Morgan fingerprint density at radius 1 is 1.52 bits per heavy atom. The van der Waals surface area contributed by atoms with Gasteiger partial charge in [0.1, 0.15) is 10.7 Å². The number of fused-ring (bicyclic) bond motifs is 1. The zero-order chi connectivity index (χ0) is 15.4. The van der Waals surface area contributed by atoms with Crippen LogP contribution in [-0.4, -0.2) is 29.1 Å². The Hall–Kier alpha value is -1.11. The maximum atomic E-state index is 14.0. The number of benzene rings is 1. The van der Waals surface area contributed by atoms with Gasteiger partial charge in [0.2, 0.25) is 0 Å². The highest BCUT2D eigenvalue weighted by molar-refractivity contribution is 7.98. The number of carbonyl (C=O) groups is 1. The number of nitrogens with one attached hydrogen (secondary N) is 1. The molecule has 0 saturated carbocycles. The van der Waals surface area contributed by atoms with Gasteiger partial charge in [-0.3, -0.25) is 0 Å². The monoisotopic (exact) mass is 327 g/mol. The molecule has 0 bridgehead atoms. The van der Waals surface area contributed by atoms with Crippen LogP contribution in [0.1, 0.15) is 28.6 Å². The fourth-order valence-corrected chi connectivity index (χ4v) is 3.85. The van der Waals surface area contributed by atoms with Gasteiger partial charge in [-0.2, -0.15) is 11.8 Å². The highest BCUT2D eigenvalue weighted by Gasteiger charge is 2.20. The van der Waals surface area contributed by atoms with Crippen molar-refractivity contribution in [1.82, 2.24) is 5.32 Å². The average Bonchev–Trinajstić information content (AvgIpc) is 2.83. The van der Waals surface area contributed by atoms with Crippen LogP contribution in [0.4, 0.5) is 4.39 Å². The fraction of sp³-hybridized carbons (Fsp3) is 0.400. The van der Waals surface area contributed by atoms with Gasteiger partial charge in [-0.25, -0.2) is 9.18 Å². The predicted molar refractivity (Wildman–Crippen MR) is 88.0 cm³/mol. The van der Waals surface area contributed by atoms with Gasteiger partial charge < -0.3 is 10.4 Å². The average molecular weight is 327 g/mol. The van der Waals surface area contributed by atoms with Gasteiger partial charge >= 0.3 is 5.97 Å². The second-order valence-electron chi connectivity index (χ2n) is 4.89. The van der Waals surface area contributed by atoms with E-state index in [0.717, 1.165) is 23.5 Å². The van der Waals surface area contributed by atoms with Crippen LogP contribution in [0.2, 0.25) is 0 Å². The summed E-state index contributed by atoms with van der Waals surface area (Å²) in [6.45, 7) is 2.43. The summed E-state index contributed by atoms with van der Waals surface area (Å²) >= 11 is 2.91. The Bertz CT molecular complexity index is 642. The van der Waals surface area contributed by atoms with Gasteiger partial charge in [0.25, 0.3) is 0 Å². The molecule has 2 N–H and O–H groups in total. The first kappa shape index (κ1) is 16.3. The normalized spacial score (nSPS) is 12.7. The molecule has 0 aliphatic heterocycles. The Morgan fingerprint density at radius 2 is 2.29 bits per heavy atom. The van der Waals surface area contributed by atoms with Crippen LogP contribution in [0.3, 0.4) is 0 Å². The summed E-state index contributed by atoms with van der Waals surface area (Å²) in [6, 6.07) is 5.01. The fourth-order valence-electron chi connectivity index (χ4n) is 2.18. The summed E-state index contributed by atoms with van der Waals surface area (Å²) < 4.78 is 14.7. The van der Waals surface area contributed by atoms with Gasteiger partial charge in [-0.1, -0.05) is 6.07 Å². The van der Waals surface area contributed by atoms with Crippen LogP contribution < -0.4 is 5.32 Å². The van der Waals surface area contributed by atoms with Crippen molar-refractivity contribution >= 4 is 39.2 Å². The number of halogens is 1. The molecular formula is C15H18FNO2S2. The zero-order valence-electron chi connectivity index (χ0n) is 12.0. The highest BCUT2D eigenvalue weighted by Crippen LogP contribution is 2.33. The SMILES string of the molecule is CSCCC(C)NCc1c(C(=O)O)sc2cccc(F)c12. The lowest BCUT2D eigenvalue weighted by molar-refractivity contribution is 0.0701. The number of thioether (sulfide) groups is 1. The van der Waals surface area contributed by atoms with Gasteiger partial charge in [-0.15, -0.1) is 11.3 Å². The van der Waals surface area contributed by atoms with E-state index in [1.165, 1.54) is 6.07 Å². The molecule has 1 aromatic heterocycles. The van der Waals surface area contributed by atoms with Gasteiger partial charge in [0.15, 0.2) is 0 Å². The minimum atomic E-state index is -0.996. The first-order chi connectivity index (χ1) is 10.0. The molecule has 2 rings (SSSR count). The van der Waals surface area contributed by atoms with E-state index in [4.69, 9.17) is 0 Å². The summed E-state index contributed by atoms with van der Waals surface area (Å²) in [4.78, 5) is 11.6. The van der Waals surface area contributed by atoms with E-state index in [0.29, 0.717) is 22.2 Å². The van der Waals surface area contributed by atoms with E-state index in [9.17, 15) is 14.3 Å². The standard InChI is InChI=1S/C15H18FNO2S2/c1-9(6-7-20-2)17-8-10-13-11(16)4-3-5-12(13)21-14(10)15(18)19/h3-5,9,17H,6-8H2,1-2H3,(H,18,19). The Balaban J connectivity index is 2.28. The molecule has 0 radical (unpaired) electrons. The lowest BCUT2D eigenvalue weighted by Gasteiger charge is -2.13. The molecule has 1 atom stereocenters. The number of carboxylic acids is 1. The third kappa shape index (κ3) is 3.75. The largest absolute Gasteiger partial charge is 0.477 e. The van der Waals surface area contributed by atoms with Crippen LogP contribution >= 0.6 is 23.1 Å². The van der Waals surface area contributed by atoms with Crippen molar-refractivity contribution in [3.05, 3.63) is 34.5 Å². The molecular weight excluding hydrogens is 309 g/mol. The molecule has 0 aliphatic rings. The van der Waals surface area contributed by atoms with E-state index >= 15 is 0 Å². The van der Waals surface area contributed by atoms with Gasteiger partial charge in [0.05, 0.1) is 0 Å². The van der Waals surface area contributed by atoms with Crippen LogP contribution in [0, 0.1) is 5.82 Å². The summed E-state index contributed by atoms with van der Waals surface area (Å²) in [5.74, 6) is -0.312. The Kier molecular flexibility index (Phi) is 5.61. The number of hydrogen-bond donors (Lipinski definition) is 2. The van der Waals surface area contributed by atoms with Crippen molar-refractivity contribution in [2.45, 2.75) is 25.9 Å². The number of aromatic carboxylic acids is 1. The summed E-state index contributed by atoms with van der Waals surface area (Å²) in [5, 5.41) is 13.1. The van der Waals surface area contributed by atoms with Crippen molar-refractivity contribution in [2.75, 3.05) is 12.0 Å². The molecule has 1 aromatic carbocycles. The van der Waals surface area contributed by atoms with Crippen LogP contribution in [0.5, 0.6) is 0 Å². The second kappa shape index (κ2) is 7.24. The lowest BCUT2D eigenvalue weighted by Crippen LogP contribution is -2.26. The number of rotatable bonds is 7. The molecule has 1 unspecified atom stereocenters. The number of thiophene rings is 1. The molecule has 3 nitrogen and oxygen atoms in total. The van der Waals surface area contributed by atoms with Crippen molar-refractivity contribution in [2.24, 2.45) is 0 Å². The third-order valence-electron chi connectivity index (χ3n) is 3.34. The lowest BCUT2D eigenvalue weighted by atomic mass is 10.1. The van der Waals surface area contributed by atoms with Crippen LogP contribution in [0.25, 0.3) is 10.1 Å². The molecule has 0 fully saturated rings. The third-order valence-corrected chi connectivity index (χ3v) is 5.17. The van der Waals surface area contributed by atoms with Crippen LogP contribution in [0.15, 0.2) is 18.2 Å². The highest BCUT2D eigenvalue weighted by atomic mass is 32.2. The van der Waals surface area contributed by atoms with Crippen molar-refractivity contribution in [3.8, 4) is 0 Å². The number of hydrogen-bond acceptors (Lipinski definition) is 4. The summed E-state index contributed by atoms with van der Waals surface area (Å²) in [5.41, 5.74) is 0.552. The maximum Gasteiger partial charge on any atom is 0.346 e. The zero-order valence-corrected chi connectivity index (χ0v) is 13.6. The topological polar surface area (TPSA) is 49.3 Å². The van der Waals surface area contributed by atoms with Crippen molar-refractivity contribution in [3.63, 3.8) is 0 Å². The minimum Gasteiger partial charge on any atom is -0.477 e. The van der Waals surface area contributed by atoms with E-state index in [1.807, 2.05) is 0 Å². The van der Waals surface area contributed by atoms with Crippen LogP contribution in [-0.2, 0) is 6.54 Å². The Labute approximate surface area is 131 Å². The molecule has 6 heteroatoms. The smallest absolute Gasteiger partial charge is 0.346 e. The molecule has 0 amide bonds. The first-order valence-electron chi connectivity index (χ1n) is 6.70. The molecule has 114 valence electrons. The number of carboxylic acid groups (broad SMARTS) is 1. The Morgan fingerprint density at radius 3 is 2.95 bits per heavy atom. The second-order valence-corrected chi connectivity index (χ2v) is 6.93. The minimum absolute atomic E-state index is 0.222. The maximum absolute atomic E-state index is 14.0. The van der Waals surface area contributed by atoms with Gasteiger partial charge in [-0.05, 0) is 37.5 Å². The summed E-state index contributed by atoms with van der Waals surface area (Å²) in [7, 11) is 0. The molecule has 0 spiro atoms. The van der Waals surface area contributed by atoms with Gasteiger partial charge in [0, 0.05) is 28.2 Å². The molecule has 1 heterocycles. The van der Waals surface area contributed by atoms with E-state index in [1.54, 1.807) is 23.9 Å². The molecule has 21 heavy (non-hydrogen) atoms. The van der Waals surface area contributed by atoms with E-state index < -0.39 is 5.97 Å². The quantitative estimate of drug-likeness (QED) is 0.808. The van der Waals surface area contributed by atoms with E-state index in [-0.39, 0.29) is 16.7 Å². The predicted octanol–water partition coefficient (Wildman–Crippen LogP) is 3.97. The van der Waals surface area contributed by atoms with Crippen molar-refractivity contribution < 1.29 is 14.3 Å².